The lowest BCUT2D eigenvalue weighted by molar-refractivity contribution is -0.142. The average molecular weight is 420 g/mol. The quantitative estimate of drug-likeness (QED) is 0.351. The van der Waals surface area contributed by atoms with Gasteiger partial charge in [-0.15, -0.1) is 0 Å². The number of likely N-dealkylation sites (tertiary alicyclic amines) is 1. The maximum absolute atomic E-state index is 12.4. The van der Waals surface area contributed by atoms with Crippen LogP contribution >= 0.6 is 0 Å². The minimum atomic E-state index is -3.11. The third-order valence-corrected chi connectivity index (χ3v) is 5.52. The first-order valence-electron chi connectivity index (χ1n) is 9.87. The molecule has 11 nitrogen and oxygen atoms in total. The van der Waals surface area contributed by atoms with Crippen LogP contribution in [-0.2, 0) is 16.0 Å². The Hall–Kier alpha value is -2.83. The Morgan fingerprint density at radius 3 is 2.73 bits per heavy atom. The monoisotopic (exact) mass is 420 g/mol. The average Bonchev–Trinajstić information content (AvgIpc) is 2.64. The van der Waals surface area contributed by atoms with Gasteiger partial charge in [0.05, 0.1) is 31.3 Å². The van der Waals surface area contributed by atoms with E-state index in [-0.39, 0.29) is 61.1 Å². The Labute approximate surface area is 172 Å². The number of hydrogen-bond acceptors (Lipinski definition) is 8. The van der Waals surface area contributed by atoms with E-state index in [1.807, 2.05) is 0 Å². The molecule has 12 heteroatoms. The van der Waals surface area contributed by atoms with Gasteiger partial charge >= 0.3 is 12.7 Å². The molecule has 3 heterocycles. The van der Waals surface area contributed by atoms with E-state index in [4.69, 9.17) is 9.39 Å². The molecule has 2 saturated heterocycles. The molecule has 3 aliphatic heterocycles. The Kier molecular flexibility index (Phi) is 5.30. The number of carboxylic acids is 1. The van der Waals surface area contributed by atoms with E-state index in [0.717, 1.165) is 0 Å². The van der Waals surface area contributed by atoms with Crippen molar-refractivity contribution in [2.75, 3.05) is 26.2 Å². The molecule has 1 atom stereocenters. The van der Waals surface area contributed by atoms with Crippen molar-refractivity contribution >= 4 is 24.5 Å². The second-order valence-electron chi connectivity index (χ2n) is 7.79. The zero-order valence-corrected chi connectivity index (χ0v) is 16.2. The number of piperazine rings is 1. The molecule has 0 radical (unpaired) electrons. The molecular formula is C18H23BN3O8-. The van der Waals surface area contributed by atoms with Crippen LogP contribution in [0, 0.1) is 0 Å². The van der Waals surface area contributed by atoms with Crippen LogP contribution in [-0.4, -0.2) is 82.9 Å². The Morgan fingerprint density at radius 1 is 1.27 bits per heavy atom. The molecule has 0 bridgehead atoms. The number of aryl methyl sites for hydroxylation is 1. The highest BCUT2D eigenvalue weighted by molar-refractivity contribution is 6.59. The number of ether oxygens (including phenoxy) is 1. The van der Waals surface area contributed by atoms with Gasteiger partial charge in [-0.2, -0.15) is 0 Å². The van der Waals surface area contributed by atoms with Crippen LogP contribution in [0.25, 0.3) is 0 Å². The van der Waals surface area contributed by atoms with Crippen molar-refractivity contribution < 1.29 is 38.9 Å². The molecular weight excluding hydrogens is 397 g/mol. The van der Waals surface area contributed by atoms with Crippen molar-refractivity contribution in [3.63, 3.8) is 0 Å². The van der Waals surface area contributed by atoms with Gasteiger partial charge in [-0.1, -0.05) is 12.4 Å². The van der Waals surface area contributed by atoms with E-state index in [2.05, 4.69) is 10.6 Å². The number of aromatic carboxylic acids is 1. The van der Waals surface area contributed by atoms with Gasteiger partial charge in [-0.3, -0.25) is 9.59 Å². The molecule has 0 spiro atoms. The number of carboxylic acid groups (broad SMARTS) is 1. The standard InChI is InChI=1S/C18H23BN3O8/c23-14(7-12-17(24)21-6-5-20-12)22-8-11(9-22)29-13-2-1-10-3-4-19(27,28)30-16(10)15(13)18(25)26/h1-2,11-12,20,27-28H,3-9H2,(H,21,24)(H,25,26)/q-1. The van der Waals surface area contributed by atoms with Crippen molar-refractivity contribution in [1.82, 2.24) is 15.5 Å². The van der Waals surface area contributed by atoms with Crippen molar-refractivity contribution in [3.05, 3.63) is 23.3 Å². The van der Waals surface area contributed by atoms with Crippen molar-refractivity contribution in [2.24, 2.45) is 0 Å². The number of rotatable bonds is 5. The van der Waals surface area contributed by atoms with Crippen molar-refractivity contribution in [2.45, 2.75) is 31.3 Å². The molecule has 1 unspecified atom stereocenters. The number of benzene rings is 1. The van der Waals surface area contributed by atoms with Gasteiger partial charge in [0.15, 0.2) is 0 Å². The van der Waals surface area contributed by atoms with Crippen LogP contribution < -0.4 is 20.0 Å². The van der Waals surface area contributed by atoms with Crippen LogP contribution in [0.4, 0.5) is 0 Å². The highest BCUT2D eigenvalue weighted by Crippen LogP contribution is 2.39. The fourth-order valence-corrected chi connectivity index (χ4v) is 3.84. The van der Waals surface area contributed by atoms with Crippen LogP contribution in [0.15, 0.2) is 12.1 Å². The lowest BCUT2D eigenvalue weighted by atomic mass is 9.70. The molecule has 3 aliphatic rings. The van der Waals surface area contributed by atoms with E-state index >= 15 is 0 Å². The fraction of sp³-hybridized carbons (Fsp3) is 0.500. The van der Waals surface area contributed by atoms with Gasteiger partial charge in [0.2, 0.25) is 11.8 Å². The molecule has 1 aromatic carbocycles. The van der Waals surface area contributed by atoms with Crippen LogP contribution in [0.1, 0.15) is 22.3 Å². The molecule has 30 heavy (non-hydrogen) atoms. The first kappa shape index (κ1) is 20.4. The molecule has 0 aliphatic carbocycles. The molecule has 4 rings (SSSR count). The summed E-state index contributed by atoms with van der Waals surface area (Å²) in [7, 11) is 0. The molecule has 162 valence electrons. The predicted molar refractivity (Wildman–Crippen MR) is 103 cm³/mol. The third-order valence-electron chi connectivity index (χ3n) is 5.52. The number of nitrogens with zero attached hydrogens (tertiary/aromatic N) is 1. The van der Waals surface area contributed by atoms with Gasteiger partial charge in [0.1, 0.15) is 17.4 Å². The van der Waals surface area contributed by atoms with E-state index < -0.39 is 24.9 Å². The number of carbonyl (C=O) groups excluding carboxylic acids is 2. The highest BCUT2D eigenvalue weighted by Gasteiger charge is 2.37. The Morgan fingerprint density at radius 2 is 2.03 bits per heavy atom. The highest BCUT2D eigenvalue weighted by atomic mass is 16.6. The summed E-state index contributed by atoms with van der Waals surface area (Å²) < 4.78 is 10.9. The predicted octanol–water partition coefficient (Wildman–Crippen LogP) is -1.69. The van der Waals surface area contributed by atoms with E-state index in [0.29, 0.717) is 18.7 Å². The Balaban J connectivity index is 1.39. The van der Waals surface area contributed by atoms with Gasteiger partial charge in [0, 0.05) is 13.1 Å². The summed E-state index contributed by atoms with van der Waals surface area (Å²) >= 11 is 0. The van der Waals surface area contributed by atoms with Gasteiger partial charge < -0.3 is 40.1 Å². The minimum absolute atomic E-state index is 0.0141. The van der Waals surface area contributed by atoms with E-state index in [9.17, 15) is 29.5 Å². The first-order valence-corrected chi connectivity index (χ1v) is 9.87. The van der Waals surface area contributed by atoms with Crippen LogP contribution in [0.2, 0.25) is 6.32 Å². The number of nitrogens with one attached hydrogen (secondary N) is 2. The summed E-state index contributed by atoms with van der Waals surface area (Å²) in [5, 5.41) is 34.9. The second-order valence-corrected chi connectivity index (χ2v) is 7.79. The SMILES string of the molecule is O=C(O)c1c(OC2CN(C(=O)CC3NCCNC3=O)C2)ccc2c1O[B-](O)(O)CC2. The van der Waals surface area contributed by atoms with Crippen LogP contribution in [0.3, 0.4) is 0 Å². The lowest BCUT2D eigenvalue weighted by Gasteiger charge is -2.41. The summed E-state index contributed by atoms with van der Waals surface area (Å²) in [4.78, 5) is 37.4. The number of carbonyl (C=O) groups is 3. The molecule has 0 aromatic heterocycles. The largest absolute Gasteiger partial charge is 0.669 e. The maximum atomic E-state index is 12.4. The third kappa shape index (κ3) is 4.06. The molecule has 2 fully saturated rings. The summed E-state index contributed by atoms with van der Waals surface area (Å²) in [5.41, 5.74) is 0.290. The summed E-state index contributed by atoms with van der Waals surface area (Å²) in [6, 6.07) is 2.60. The summed E-state index contributed by atoms with van der Waals surface area (Å²) in [6.07, 6.45) is -0.111. The van der Waals surface area contributed by atoms with Crippen LogP contribution in [0.5, 0.6) is 11.5 Å². The minimum Gasteiger partial charge on any atom is -0.669 e. The number of fused-ring (bicyclic) bond motifs is 1. The van der Waals surface area contributed by atoms with Gasteiger partial charge in [-0.05, 0) is 18.1 Å². The molecule has 5 N–H and O–H groups in total. The zero-order valence-electron chi connectivity index (χ0n) is 16.2. The molecule has 0 saturated carbocycles. The smallest absolute Gasteiger partial charge is 0.430 e. The lowest BCUT2D eigenvalue weighted by Crippen LogP contribution is -2.59. The molecule has 1 aromatic rings. The number of hydrogen-bond donors (Lipinski definition) is 5. The molecule has 2 amide bonds. The van der Waals surface area contributed by atoms with Crippen molar-refractivity contribution in [1.29, 1.82) is 0 Å². The van der Waals surface area contributed by atoms with Gasteiger partial charge in [-0.25, -0.2) is 4.79 Å². The zero-order chi connectivity index (χ0) is 21.5. The summed E-state index contributed by atoms with van der Waals surface area (Å²) in [6.45, 7) is -1.44. The van der Waals surface area contributed by atoms with E-state index in [1.165, 1.54) is 6.07 Å². The van der Waals surface area contributed by atoms with E-state index in [1.54, 1.807) is 11.0 Å². The summed E-state index contributed by atoms with van der Waals surface area (Å²) in [5.74, 6) is -1.76. The number of amides is 2. The maximum Gasteiger partial charge on any atom is 0.430 e. The second kappa shape index (κ2) is 7.78. The van der Waals surface area contributed by atoms with Crippen molar-refractivity contribution in [3.8, 4) is 11.5 Å². The fourth-order valence-electron chi connectivity index (χ4n) is 3.84. The topological polar surface area (TPSA) is 158 Å². The van der Waals surface area contributed by atoms with Gasteiger partial charge in [0.25, 0.3) is 0 Å². The first-order chi connectivity index (χ1) is 14.2. The Bertz CT molecular complexity index is 886. The normalized spacial score (nSPS) is 22.9.